The molecule has 0 bridgehead atoms. The number of halogens is 1. The van der Waals surface area contributed by atoms with Gasteiger partial charge in [0.1, 0.15) is 5.75 Å². The van der Waals surface area contributed by atoms with Crippen molar-refractivity contribution in [2.75, 3.05) is 12.4 Å². The summed E-state index contributed by atoms with van der Waals surface area (Å²) in [5.74, 6) is 0.606. The molecule has 0 aromatic heterocycles. The van der Waals surface area contributed by atoms with Gasteiger partial charge in [0, 0.05) is 5.02 Å². The zero-order chi connectivity index (χ0) is 15.7. The maximum absolute atomic E-state index is 12.8. The average Bonchev–Trinajstić information content (AvgIpc) is 3.30. The molecule has 1 amide bonds. The standard InChI is InChI=1S/C18H18ClNO2/c1-12-3-5-13(6-4-12)18(9-10-18)17(21)20-15-11-14(19)7-8-16(15)22-2/h3-8,11H,9-10H2,1-2H3,(H,20,21). The predicted molar refractivity (Wildman–Crippen MR) is 88.7 cm³/mol. The third kappa shape index (κ3) is 2.69. The third-order valence-corrected chi connectivity index (χ3v) is 4.43. The van der Waals surface area contributed by atoms with Crippen LogP contribution in [0.25, 0.3) is 0 Å². The lowest BCUT2D eigenvalue weighted by atomic mass is 9.94. The zero-order valence-electron chi connectivity index (χ0n) is 12.7. The van der Waals surface area contributed by atoms with Crippen LogP contribution in [0.3, 0.4) is 0 Å². The summed E-state index contributed by atoms with van der Waals surface area (Å²) in [6, 6.07) is 13.4. The van der Waals surface area contributed by atoms with Crippen molar-refractivity contribution < 1.29 is 9.53 Å². The fourth-order valence-corrected chi connectivity index (χ4v) is 2.84. The van der Waals surface area contributed by atoms with Crippen LogP contribution in [0.2, 0.25) is 5.02 Å². The molecule has 0 spiro atoms. The van der Waals surface area contributed by atoms with Gasteiger partial charge < -0.3 is 10.1 Å². The average molecular weight is 316 g/mol. The number of hydrogen-bond donors (Lipinski definition) is 1. The zero-order valence-corrected chi connectivity index (χ0v) is 13.4. The maximum Gasteiger partial charge on any atom is 0.235 e. The van der Waals surface area contributed by atoms with Crippen molar-refractivity contribution in [1.29, 1.82) is 0 Å². The lowest BCUT2D eigenvalue weighted by Crippen LogP contribution is -2.28. The third-order valence-electron chi connectivity index (χ3n) is 4.20. The van der Waals surface area contributed by atoms with E-state index in [2.05, 4.69) is 5.32 Å². The van der Waals surface area contributed by atoms with Gasteiger partial charge in [0.25, 0.3) is 0 Å². The molecule has 1 aliphatic rings. The fraction of sp³-hybridized carbons (Fsp3) is 0.278. The number of amides is 1. The molecule has 1 saturated carbocycles. The Labute approximate surface area is 135 Å². The number of carbonyl (C=O) groups is 1. The number of aryl methyl sites for hydroxylation is 1. The maximum atomic E-state index is 12.8. The lowest BCUT2D eigenvalue weighted by molar-refractivity contribution is -0.118. The second-order valence-corrected chi connectivity index (χ2v) is 6.18. The van der Waals surface area contributed by atoms with Crippen molar-refractivity contribution in [2.24, 2.45) is 0 Å². The summed E-state index contributed by atoms with van der Waals surface area (Å²) in [6.45, 7) is 2.04. The van der Waals surface area contributed by atoms with Crippen LogP contribution in [0.4, 0.5) is 5.69 Å². The second-order valence-electron chi connectivity index (χ2n) is 5.75. The summed E-state index contributed by atoms with van der Waals surface area (Å²) < 4.78 is 5.28. The molecular weight excluding hydrogens is 298 g/mol. The van der Waals surface area contributed by atoms with Gasteiger partial charge in [-0.2, -0.15) is 0 Å². The Morgan fingerprint density at radius 2 is 1.86 bits per heavy atom. The molecule has 0 heterocycles. The van der Waals surface area contributed by atoms with Gasteiger partial charge in [-0.05, 0) is 43.5 Å². The van der Waals surface area contributed by atoms with E-state index >= 15 is 0 Å². The molecule has 0 unspecified atom stereocenters. The van der Waals surface area contributed by atoms with Crippen LogP contribution in [0, 0.1) is 6.92 Å². The molecule has 2 aromatic rings. The molecule has 3 rings (SSSR count). The van der Waals surface area contributed by atoms with Gasteiger partial charge in [-0.25, -0.2) is 0 Å². The Morgan fingerprint density at radius 3 is 2.45 bits per heavy atom. The van der Waals surface area contributed by atoms with Crippen molar-refractivity contribution in [2.45, 2.75) is 25.2 Å². The van der Waals surface area contributed by atoms with E-state index in [1.165, 1.54) is 5.56 Å². The number of methoxy groups -OCH3 is 1. The van der Waals surface area contributed by atoms with Crippen molar-refractivity contribution in [3.05, 3.63) is 58.6 Å². The van der Waals surface area contributed by atoms with E-state index in [0.717, 1.165) is 18.4 Å². The van der Waals surface area contributed by atoms with E-state index in [9.17, 15) is 4.79 Å². The number of ether oxygens (including phenoxy) is 1. The van der Waals surface area contributed by atoms with E-state index in [0.29, 0.717) is 16.5 Å². The minimum Gasteiger partial charge on any atom is -0.495 e. The summed E-state index contributed by atoms with van der Waals surface area (Å²) >= 11 is 6.01. The highest BCUT2D eigenvalue weighted by molar-refractivity contribution is 6.31. The van der Waals surface area contributed by atoms with Crippen molar-refractivity contribution in [3.8, 4) is 5.75 Å². The summed E-state index contributed by atoms with van der Waals surface area (Å²) in [7, 11) is 1.58. The minimum atomic E-state index is -0.416. The summed E-state index contributed by atoms with van der Waals surface area (Å²) in [5, 5.41) is 3.54. The van der Waals surface area contributed by atoms with Gasteiger partial charge in [-0.15, -0.1) is 0 Å². The van der Waals surface area contributed by atoms with Crippen LogP contribution >= 0.6 is 11.6 Å². The van der Waals surface area contributed by atoms with Crippen molar-refractivity contribution in [3.63, 3.8) is 0 Å². The van der Waals surface area contributed by atoms with Crippen LogP contribution in [0.15, 0.2) is 42.5 Å². The Bertz CT molecular complexity index is 706. The van der Waals surface area contributed by atoms with Crippen molar-refractivity contribution in [1.82, 2.24) is 0 Å². The number of hydrogen-bond acceptors (Lipinski definition) is 2. The Kier molecular flexibility index (Phi) is 3.83. The van der Waals surface area contributed by atoms with Gasteiger partial charge >= 0.3 is 0 Å². The minimum absolute atomic E-state index is 0.00285. The van der Waals surface area contributed by atoms with E-state index < -0.39 is 5.41 Å². The summed E-state index contributed by atoms with van der Waals surface area (Å²) in [6.07, 6.45) is 1.73. The number of rotatable bonds is 4. The van der Waals surface area contributed by atoms with Gasteiger partial charge in [0.05, 0.1) is 18.2 Å². The van der Waals surface area contributed by atoms with Gasteiger partial charge in [0.2, 0.25) is 5.91 Å². The molecule has 2 aromatic carbocycles. The van der Waals surface area contributed by atoms with Gasteiger partial charge in [-0.1, -0.05) is 41.4 Å². The number of benzene rings is 2. The van der Waals surface area contributed by atoms with Gasteiger partial charge in [-0.3, -0.25) is 4.79 Å². The molecule has 4 heteroatoms. The van der Waals surface area contributed by atoms with E-state index in [4.69, 9.17) is 16.3 Å². The number of anilines is 1. The largest absolute Gasteiger partial charge is 0.495 e. The molecular formula is C18H18ClNO2. The van der Waals surface area contributed by atoms with Gasteiger partial charge in [0.15, 0.2) is 0 Å². The van der Waals surface area contributed by atoms with E-state index in [1.807, 2.05) is 31.2 Å². The Hall–Kier alpha value is -2.00. The molecule has 1 aliphatic carbocycles. The molecule has 22 heavy (non-hydrogen) atoms. The van der Waals surface area contributed by atoms with Crippen LogP contribution in [0.1, 0.15) is 24.0 Å². The fourth-order valence-electron chi connectivity index (χ4n) is 2.66. The molecule has 0 aliphatic heterocycles. The molecule has 0 atom stereocenters. The molecule has 1 fully saturated rings. The highest BCUT2D eigenvalue weighted by Gasteiger charge is 2.51. The SMILES string of the molecule is COc1ccc(Cl)cc1NC(=O)C1(c2ccc(C)cc2)CC1. The summed E-state index contributed by atoms with van der Waals surface area (Å²) in [4.78, 5) is 12.8. The predicted octanol–water partition coefficient (Wildman–Crippen LogP) is 4.33. The van der Waals surface area contributed by atoms with Crippen LogP contribution in [-0.4, -0.2) is 13.0 Å². The first-order chi connectivity index (χ1) is 10.5. The molecule has 3 nitrogen and oxygen atoms in total. The monoisotopic (exact) mass is 315 g/mol. The number of carbonyl (C=O) groups excluding carboxylic acids is 1. The first-order valence-corrected chi connectivity index (χ1v) is 7.65. The van der Waals surface area contributed by atoms with E-state index in [1.54, 1.807) is 25.3 Å². The number of nitrogens with one attached hydrogen (secondary N) is 1. The lowest BCUT2D eigenvalue weighted by Gasteiger charge is -2.17. The van der Waals surface area contributed by atoms with Crippen LogP contribution in [-0.2, 0) is 10.2 Å². The molecule has 0 saturated heterocycles. The molecule has 1 N–H and O–H groups in total. The van der Waals surface area contributed by atoms with Crippen LogP contribution in [0.5, 0.6) is 5.75 Å². The Morgan fingerprint density at radius 1 is 1.18 bits per heavy atom. The summed E-state index contributed by atoms with van der Waals surface area (Å²) in [5.41, 5.74) is 2.45. The normalized spacial score (nSPS) is 15.2. The van der Waals surface area contributed by atoms with Crippen LogP contribution < -0.4 is 10.1 Å². The highest BCUT2D eigenvalue weighted by atomic mass is 35.5. The Balaban J connectivity index is 1.86. The topological polar surface area (TPSA) is 38.3 Å². The second kappa shape index (κ2) is 5.65. The highest BCUT2D eigenvalue weighted by Crippen LogP contribution is 2.49. The first kappa shape index (κ1) is 14.9. The first-order valence-electron chi connectivity index (χ1n) is 7.27. The molecule has 114 valence electrons. The van der Waals surface area contributed by atoms with E-state index in [-0.39, 0.29) is 5.91 Å². The quantitative estimate of drug-likeness (QED) is 0.912. The molecule has 0 radical (unpaired) electrons. The van der Waals surface area contributed by atoms with Crippen molar-refractivity contribution >= 4 is 23.2 Å². The smallest absolute Gasteiger partial charge is 0.235 e.